The summed E-state index contributed by atoms with van der Waals surface area (Å²) in [5, 5.41) is 3.60. The van der Waals surface area contributed by atoms with Gasteiger partial charge in [0.2, 0.25) is 5.91 Å². The topological polar surface area (TPSA) is 66.9 Å². The maximum Gasteiger partial charge on any atom is 0.326 e. The van der Waals surface area contributed by atoms with E-state index in [0.29, 0.717) is 5.02 Å². The largest absolute Gasteiger partial charge is 0.326 e. The van der Waals surface area contributed by atoms with E-state index in [9.17, 15) is 9.59 Å². The Morgan fingerprint density at radius 3 is 2.52 bits per heavy atom. The predicted molar refractivity (Wildman–Crippen MR) is 111 cm³/mol. The van der Waals surface area contributed by atoms with E-state index >= 15 is 0 Å². The van der Waals surface area contributed by atoms with Crippen molar-refractivity contribution in [3.8, 4) is 0 Å². The lowest BCUT2D eigenvalue weighted by Gasteiger charge is -2.28. The average molecular weight is 449 g/mol. The number of aromatic amines is 1. The fourth-order valence-electron chi connectivity index (χ4n) is 3.85. The van der Waals surface area contributed by atoms with Crippen molar-refractivity contribution in [1.29, 1.82) is 0 Å². The van der Waals surface area contributed by atoms with E-state index in [1.54, 1.807) is 24.3 Å². The molecule has 0 aliphatic heterocycles. The lowest BCUT2D eigenvalue weighted by Crippen LogP contribution is -2.31. The number of nitrogens with one attached hydrogen (secondary N) is 2. The van der Waals surface area contributed by atoms with Gasteiger partial charge < -0.3 is 10.3 Å². The molecule has 0 saturated heterocycles. The van der Waals surface area contributed by atoms with Crippen molar-refractivity contribution in [2.75, 3.05) is 5.32 Å². The Morgan fingerprint density at radius 2 is 1.81 bits per heavy atom. The van der Waals surface area contributed by atoms with Crippen LogP contribution in [-0.2, 0) is 4.79 Å². The van der Waals surface area contributed by atoms with Crippen LogP contribution in [0.3, 0.4) is 0 Å². The normalized spacial score (nSPS) is 19.9. The summed E-state index contributed by atoms with van der Waals surface area (Å²) in [6, 6.07) is 13.0. The number of hydrogen-bond acceptors (Lipinski definition) is 2. The number of aromatic nitrogens is 2. The molecule has 0 radical (unpaired) electrons. The standard InChI is InChI=1S/C20H19BrClN3O2/c21-16-2-1-3-17-18(16)24-20(27)25(17)15-10-4-12(5-11-15)19(26)23-14-8-6-13(22)7-9-14/h1-3,6-9,12,15H,4-5,10-11H2,(H,23,26)(H,24,27). The van der Waals surface area contributed by atoms with Gasteiger partial charge >= 0.3 is 5.69 Å². The summed E-state index contributed by atoms with van der Waals surface area (Å²) in [7, 11) is 0. The first kappa shape index (κ1) is 18.3. The van der Waals surface area contributed by atoms with Gasteiger partial charge in [-0.1, -0.05) is 17.7 Å². The van der Waals surface area contributed by atoms with Crippen molar-refractivity contribution >= 4 is 50.2 Å². The van der Waals surface area contributed by atoms with Gasteiger partial charge in [-0.05, 0) is 78.0 Å². The molecule has 0 spiro atoms. The van der Waals surface area contributed by atoms with Crippen LogP contribution in [0, 0.1) is 5.92 Å². The second kappa shape index (κ2) is 7.52. The minimum Gasteiger partial charge on any atom is -0.326 e. The lowest BCUT2D eigenvalue weighted by molar-refractivity contribution is -0.121. The third kappa shape index (κ3) is 3.69. The van der Waals surface area contributed by atoms with Crippen molar-refractivity contribution < 1.29 is 4.79 Å². The zero-order valence-corrected chi connectivity index (χ0v) is 16.9. The van der Waals surface area contributed by atoms with Gasteiger partial charge in [0, 0.05) is 27.1 Å². The Morgan fingerprint density at radius 1 is 1.11 bits per heavy atom. The maximum atomic E-state index is 12.5. The van der Waals surface area contributed by atoms with Crippen LogP contribution in [0.2, 0.25) is 5.02 Å². The Bertz CT molecular complexity index is 1030. The number of halogens is 2. The van der Waals surface area contributed by atoms with Gasteiger partial charge in [-0.3, -0.25) is 9.36 Å². The Hall–Kier alpha value is -2.05. The molecule has 2 aromatic carbocycles. The fourth-order valence-corrected chi connectivity index (χ4v) is 4.43. The highest BCUT2D eigenvalue weighted by molar-refractivity contribution is 9.10. The van der Waals surface area contributed by atoms with Crippen LogP contribution in [-0.4, -0.2) is 15.5 Å². The molecule has 1 aliphatic carbocycles. The minimum absolute atomic E-state index is 0.0322. The molecule has 1 fully saturated rings. The predicted octanol–water partition coefficient (Wildman–Crippen LogP) is 5.12. The highest BCUT2D eigenvalue weighted by Crippen LogP contribution is 2.34. The van der Waals surface area contributed by atoms with E-state index in [1.165, 1.54) is 0 Å². The zero-order valence-electron chi connectivity index (χ0n) is 14.5. The molecule has 0 unspecified atom stereocenters. The molecular formula is C20H19BrClN3O2. The summed E-state index contributed by atoms with van der Waals surface area (Å²) in [6.07, 6.45) is 3.13. The average Bonchev–Trinajstić information content (AvgIpc) is 3.01. The second-order valence-corrected chi connectivity index (χ2v) is 8.23. The number of imidazole rings is 1. The minimum atomic E-state index is -0.0917. The second-order valence-electron chi connectivity index (χ2n) is 6.94. The van der Waals surface area contributed by atoms with Gasteiger partial charge in [-0.25, -0.2) is 4.79 Å². The number of amides is 1. The molecule has 0 atom stereocenters. The molecule has 1 saturated carbocycles. The number of rotatable bonds is 3. The monoisotopic (exact) mass is 447 g/mol. The molecular weight excluding hydrogens is 430 g/mol. The first-order chi connectivity index (χ1) is 13.0. The quantitative estimate of drug-likeness (QED) is 0.584. The van der Waals surface area contributed by atoms with E-state index in [2.05, 4.69) is 26.2 Å². The summed E-state index contributed by atoms with van der Waals surface area (Å²) in [6.45, 7) is 0. The molecule has 140 valence electrons. The fraction of sp³-hybridized carbons (Fsp3) is 0.300. The number of H-pyrrole nitrogens is 1. The van der Waals surface area contributed by atoms with Crippen molar-refractivity contribution in [1.82, 2.24) is 9.55 Å². The Labute approximate surface area is 169 Å². The van der Waals surface area contributed by atoms with Crippen LogP contribution in [0.4, 0.5) is 5.69 Å². The van der Waals surface area contributed by atoms with Crippen LogP contribution < -0.4 is 11.0 Å². The van der Waals surface area contributed by atoms with Crippen molar-refractivity contribution in [2.45, 2.75) is 31.7 Å². The SMILES string of the molecule is O=C(Nc1ccc(Cl)cc1)C1CCC(n2c(=O)[nH]c3c(Br)cccc32)CC1. The van der Waals surface area contributed by atoms with E-state index in [-0.39, 0.29) is 23.6 Å². The Balaban J connectivity index is 1.45. The number of para-hydroxylation sites is 1. The molecule has 2 N–H and O–H groups in total. The molecule has 3 aromatic rings. The molecule has 4 rings (SSSR count). The number of hydrogen-bond donors (Lipinski definition) is 2. The number of anilines is 1. The molecule has 5 nitrogen and oxygen atoms in total. The summed E-state index contributed by atoms with van der Waals surface area (Å²) < 4.78 is 2.72. The van der Waals surface area contributed by atoms with Crippen molar-refractivity contribution in [3.05, 3.63) is 62.4 Å². The summed E-state index contributed by atoms with van der Waals surface area (Å²) in [5.74, 6) is -0.00522. The van der Waals surface area contributed by atoms with E-state index in [4.69, 9.17) is 11.6 Å². The van der Waals surface area contributed by atoms with Crippen molar-refractivity contribution in [2.24, 2.45) is 5.92 Å². The van der Waals surface area contributed by atoms with Crippen LogP contribution in [0.1, 0.15) is 31.7 Å². The van der Waals surface area contributed by atoms with E-state index < -0.39 is 0 Å². The van der Waals surface area contributed by atoms with E-state index in [1.807, 2.05) is 22.8 Å². The third-order valence-corrected chi connectivity index (χ3v) is 6.16. The van der Waals surface area contributed by atoms with Crippen molar-refractivity contribution in [3.63, 3.8) is 0 Å². The molecule has 1 aromatic heterocycles. The van der Waals surface area contributed by atoms with Crippen LogP contribution in [0.15, 0.2) is 51.7 Å². The van der Waals surface area contributed by atoms with Gasteiger partial charge in [0.25, 0.3) is 0 Å². The molecule has 0 bridgehead atoms. The van der Waals surface area contributed by atoms with Crippen LogP contribution >= 0.6 is 27.5 Å². The third-order valence-electron chi connectivity index (χ3n) is 5.25. The van der Waals surface area contributed by atoms with Gasteiger partial charge in [-0.2, -0.15) is 0 Å². The number of carbonyl (C=O) groups excluding carboxylic acids is 1. The smallest absolute Gasteiger partial charge is 0.326 e. The highest BCUT2D eigenvalue weighted by Gasteiger charge is 2.29. The number of benzene rings is 2. The number of carbonyl (C=O) groups is 1. The lowest BCUT2D eigenvalue weighted by atomic mass is 9.85. The highest BCUT2D eigenvalue weighted by atomic mass is 79.9. The molecule has 7 heteroatoms. The first-order valence-electron chi connectivity index (χ1n) is 8.98. The van der Waals surface area contributed by atoms with Crippen LogP contribution in [0.25, 0.3) is 11.0 Å². The van der Waals surface area contributed by atoms with Gasteiger partial charge in [0.15, 0.2) is 0 Å². The molecule has 1 heterocycles. The van der Waals surface area contributed by atoms with Gasteiger partial charge in [0.1, 0.15) is 0 Å². The zero-order chi connectivity index (χ0) is 19.0. The van der Waals surface area contributed by atoms with Gasteiger partial charge in [-0.15, -0.1) is 0 Å². The Kier molecular flexibility index (Phi) is 5.10. The van der Waals surface area contributed by atoms with Gasteiger partial charge in [0.05, 0.1) is 11.0 Å². The first-order valence-corrected chi connectivity index (χ1v) is 10.1. The number of fused-ring (bicyclic) bond motifs is 1. The molecule has 27 heavy (non-hydrogen) atoms. The molecule has 1 amide bonds. The van der Waals surface area contributed by atoms with E-state index in [0.717, 1.165) is 46.9 Å². The van der Waals surface area contributed by atoms with Crippen LogP contribution in [0.5, 0.6) is 0 Å². The summed E-state index contributed by atoms with van der Waals surface area (Å²) in [5.41, 5.74) is 2.39. The number of nitrogens with zero attached hydrogens (tertiary/aromatic N) is 1. The summed E-state index contributed by atoms with van der Waals surface area (Å²) >= 11 is 9.37. The summed E-state index contributed by atoms with van der Waals surface area (Å²) in [4.78, 5) is 27.9. The molecule has 1 aliphatic rings. The maximum absolute atomic E-state index is 12.5.